The molecule has 2 atom stereocenters. The maximum absolute atomic E-state index is 13.7. The summed E-state index contributed by atoms with van der Waals surface area (Å²) in [7, 11) is 0. The maximum atomic E-state index is 13.7. The highest BCUT2D eigenvalue weighted by atomic mass is 19.4. The van der Waals surface area contributed by atoms with Crippen molar-refractivity contribution < 1.29 is 27.2 Å². The van der Waals surface area contributed by atoms with Gasteiger partial charge in [-0.05, 0) is 56.1 Å². The van der Waals surface area contributed by atoms with Crippen LogP contribution in [0.15, 0.2) is 22.7 Å². The van der Waals surface area contributed by atoms with Crippen molar-refractivity contribution in [3.8, 4) is 0 Å². The summed E-state index contributed by atoms with van der Waals surface area (Å²) in [4.78, 5) is 39.6. The molecule has 1 unspecified atom stereocenters. The summed E-state index contributed by atoms with van der Waals surface area (Å²) < 4.78 is 46.6. The molecular formula is C29H40F3N7O3. The number of carbonyl (C=O) groups is 2. The zero-order valence-corrected chi connectivity index (χ0v) is 24.0. The molecule has 230 valence electrons. The summed E-state index contributed by atoms with van der Waals surface area (Å²) in [5, 5.41) is 2.46. The number of halogens is 3. The van der Waals surface area contributed by atoms with Crippen LogP contribution in [-0.2, 0) is 11.0 Å². The largest absolute Gasteiger partial charge is 0.437 e. The molecule has 4 heterocycles. The van der Waals surface area contributed by atoms with Crippen LogP contribution in [0, 0.1) is 11.8 Å². The van der Waals surface area contributed by atoms with Crippen molar-refractivity contribution >= 4 is 29.3 Å². The van der Waals surface area contributed by atoms with E-state index >= 15 is 0 Å². The average molecular weight is 592 g/mol. The SMILES string of the molecule is CC1CCCN(c2nc(C(F)(F)F)c(C(=O)Nc3ccc(N4CCCN(C(=O)[C@H](N)C5CCCCC5)CC4)nc3)o2)C1. The molecule has 2 amide bonds. The van der Waals surface area contributed by atoms with Gasteiger partial charge in [0.1, 0.15) is 5.82 Å². The minimum Gasteiger partial charge on any atom is -0.417 e. The molecule has 3 aliphatic rings. The third kappa shape index (κ3) is 6.99. The number of oxazole rings is 1. The Hall–Kier alpha value is -3.35. The van der Waals surface area contributed by atoms with Gasteiger partial charge in [-0.3, -0.25) is 9.59 Å². The van der Waals surface area contributed by atoms with Crippen LogP contribution < -0.4 is 20.9 Å². The predicted octanol–water partition coefficient (Wildman–Crippen LogP) is 4.52. The van der Waals surface area contributed by atoms with Crippen LogP contribution in [-0.4, -0.2) is 72.0 Å². The van der Waals surface area contributed by atoms with E-state index in [-0.39, 0.29) is 29.4 Å². The molecule has 5 rings (SSSR count). The van der Waals surface area contributed by atoms with Crippen LogP contribution in [0.5, 0.6) is 0 Å². The lowest BCUT2D eigenvalue weighted by Crippen LogP contribution is -2.49. The molecule has 3 fully saturated rings. The average Bonchev–Trinajstić information content (AvgIpc) is 3.31. The van der Waals surface area contributed by atoms with Gasteiger partial charge in [0.25, 0.3) is 11.9 Å². The first-order chi connectivity index (χ1) is 20.1. The second kappa shape index (κ2) is 12.9. The van der Waals surface area contributed by atoms with Gasteiger partial charge in [0.2, 0.25) is 11.7 Å². The Bertz CT molecular complexity index is 1230. The molecule has 42 heavy (non-hydrogen) atoms. The second-order valence-corrected chi connectivity index (χ2v) is 11.8. The highest BCUT2D eigenvalue weighted by Crippen LogP contribution is 2.35. The van der Waals surface area contributed by atoms with Crippen LogP contribution in [0.2, 0.25) is 0 Å². The first-order valence-electron chi connectivity index (χ1n) is 15.0. The van der Waals surface area contributed by atoms with Crippen molar-refractivity contribution in [2.75, 3.05) is 54.4 Å². The van der Waals surface area contributed by atoms with E-state index in [1.54, 1.807) is 17.0 Å². The van der Waals surface area contributed by atoms with Crippen LogP contribution >= 0.6 is 0 Å². The number of piperidine rings is 1. The van der Waals surface area contributed by atoms with Crippen molar-refractivity contribution in [2.45, 2.75) is 70.5 Å². The smallest absolute Gasteiger partial charge is 0.417 e. The minimum absolute atomic E-state index is 0.0124. The van der Waals surface area contributed by atoms with E-state index in [0.29, 0.717) is 45.1 Å². The van der Waals surface area contributed by atoms with Gasteiger partial charge in [0, 0.05) is 39.3 Å². The summed E-state index contributed by atoms with van der Waals surface area (Å²) in [5.74, 6) is -0.718. The normalized spacial score (nSPS) is 21.6. The van der Waals surface area contributed by atoms with Crippen molar-refractivity contribution in [3.63, 3.8) is 0 Å². The Morgan fingerprint density at radius 3 is 2.45 bits per heavy atom. The quantitative estimate of drug-likeness (QED) is 0.503. The van der Waals surface area contributed by atoms with Gasteiger partial charge in [0.05, 0.1) is 17.9 Å². The highest BCUT2D eigenvalue weighted by molar-refractivity contribution is 6.03. The van der Waals surface area contributed by atoms with Gasteiger partial charge in [-0.1, -0.05) is 26.2 Å². The minimum atomic E-state index is -4.85. The number of nitrogens with one attached hydrogen (secondary N) is 1. The fraction of sp³-hybridized carbons (Fsp3) is 0.655. The predicted molar refractivity (Wildman–Crippen MR) is 152 cm³/mol. The number of carbonyl (C=O) groups excluding carboxylic acids is 2. The van der Waals surface area contributed by atoms with Crippen molar-refractivity contribution in [3.05, 3.63) is 29.8 Å². The fourth-order valence-corrected chi connectivity index (χ4v) is 6.26. The zero-order chi connectivity index (χ0) is 29.9. The van der Waals surface area contributed by atoms with E-state index in [9.17, 15) is 22.8 Å². The third-order valence-electron chi connectivity index (χ3n) is 8.60. The lowest BCUT2D eigenvalue weighted by atomic mass is 9.84. The molecule has 2 aromatic rings. The molecule has 0 radical (unpaired) electrons. The van der Waals surface area contributed by atoms with Crippen LogP contribution in [0.25, 0.3) is 0 Å². The molecule has 0 bridgehead atoms. The van der Waals surface area contributed by atoms with Gasteiger partial charge in [0.15, 0.2) is 5.69 Å². The number of hydrogen-bond donors (Lipinski definition) is 2. The Kier molecular flexibility index (Phi) is 9.24. The highest BCUT2D eigenvalue weighted by Gasteiger charge is 2.42. The van der Waals surface area contributed by atoms with E-state index in [0.717, 1.165) is 44.9 Å². The van der Waals surface area contributed by atoms with Crippen LogP contribution in [0.4, 0.5) is 30.7 Å². The summed E-state index contributed by atoms with van der Waals surface area (Å²) >= 11 is 0. The lowest BCUT2D eigenvalue weighted by molar-refractivity contribution is -0.141. The molecule has 2 saturated heterocycles. The first kappa shape index (κ1) is 30.1. The summed E-state index contributed by atoms with van der Waals surface area (Å²) in [6, 6.07) is 2.64. The zero-order valence-electron chi connectivity index (χ0n) is 24.0. The lowest BCUT2D eigenvalue weighted by Gasteiger charge is -2.31. The number of alkyl halides is 3. The fourth-order valence-electron chi connectivity index (χ4n) is 6.26. The van der Waals surface area contributed by atoms with Gasteiger partial charge >= 0.3 is 6.18 Å². The summed E-state index contributed by atoms with van der Waals surface area (Å²) in [6.45, 7) is 5.46. The standard InChI is InChI=1S/C29H40F3N7O3/c1-19-7-5-12-39(18-19)28-36-25(29(30,31)32)24(42-28)26(40)35-21-10-11-22(34-17-21)37-13-6-14-38(16-15-37)27(41)23(33)20-8-3-2-4-9-20/h10-11,17,19-20,23H,2-9,12-16,18,33H2,1H3,(H,35,40)/t19?,23-/m1/s1. The topological polar surface area (TPSA) is 121 Å². The van der Waals surface area contributed by atoms with E-state index in [4.69, 9.17) is 10.2 Å². The van der Waals surface area contributed by atoms with Crippen molar-refractivity contribution in [2.24, 2.45) is 17.6 Å². The summed E-state index contributed by atoms with van der Waals surface area (Å²) in [6.07, 6.45) is 4.57. The second-order valence-electron chi connectivity index (χ2n) is 11.8. The Morgan fingerprint density at radius 1 is 1.00 bits per heavy atom. The third-order valence-corrected chi connectivity index (χ3v) is 8.60. The number of pyridine rings is 1. The Balaban J connectivity index is 1.21. The Morgan fingerprint density at radius 2 is 1.76 bits per heavy atom. The van der Waals surface area contributed by atoms with E-state index < -0.39 is 29.6 Å². The van der Waals surface area contributed by atoms with Gasteiger partial charge < -0.3 is 30.2 Å². The number of rotatable bonds is 6. The Labute approximate surface area is 243 Å². The molecule has 1 saturated carbocycles. The molecule has 10 nitrogen and oxygen atoms in total. The summed E-state index contributed by atoms with van der Waals surface area (Å²) in [5.41, 5.74) is 5.25. The van der Waals surface area contributed by atoms with Gasteiger partial charge in [-0.25, -0.2) is 4.98 Å². The number of nitrogens with zero attached hydrogens (tertiary/aromatic N) is 5. The first-order valence-corrected chi connectivity index (χ1v) is 15.0. The van der Waals surface area contributed by atoms with Crippen molar-refractivity contribution in [1.82, 2.24) is 14.9 Å². The molecule has 3 N–H and O–H groups in total. The van der Waals surface area contributed by atoms with Gasteiger partial charge in [-0.2, -0.15) is 18.2 Å². The number of anilines is 3. The molecule has 0 spiro atoms. The molecule has 2 aliphatic heterocycles. The van der Waals surface area contributed by atoms with E-state index in [2.05, 4.69) is 20.2 Å². The monoisotopic (exact) mass is 591 g/mol. The number of nitrogens with two attached hydrogens (primary N) is 1. The van der Waals surface area contributed by atoms with E-state index in [1.165, 1.54) is 12.6 Å². The number of aromatic nitrogens is 2. The molecular weight excluding hydrogens is 551 g/mol. The molecule has 1 aliphatic carbocycles. The maximum Gasteiger partial charge on any atom is 0.437 e. The molecule has 0 aromatic carbocycles. The van der Waals surface area contributed by atoms with E-state index in [1.807, 2.05) is 11.8 Å². The van der Waals surface area contributed by atoms with Crippen LogP contribution in [0.1, 0.15) is 74.5 Å². The van der Waals surface area contributed by atoms with Gasteiger partial charge in [-0.15, -0.1) is 0 Å². The number of amides is 2. The number of hydrogen-bond acceptors (Lipinski definition) is 8. The molecule has 13 heteroatoms. The molecule has 2 aromatic heterocycles. The van der Waals surface area contributed by atoms with Crippen LogP contribution in [0.3, 0.4) is 0 Å². The van der Waals surface area contributed by atoms with Crippen molar-refractivity contribution in [1.29, 1.82) is 0 Å².